The molecule has 0 saturated heterocycles. The number of aromatic nitrogens is 2. The molecule has 0 amide bonds. The molecule has 0 radical (unpaired) electrons. The van der Waals surface area contributed by atoms with Gasteiger partial charge in [-0.3, -0.25) is 14.8 Å². The lowest BCUT2D eigenvalue weighted by molar-refractivity contribution is -0.384. The van der Waals surface area contributed by atoms with Crippen LogP contribution in [0.3, 0.4) is 0 Å². The molecule has 0 bridgehead atoms. The summed E-state index contributed by atoms with van der Waals surface area (Å²) < 4.78 is 1.45. The van der Waals surface area contributed by atoms with Crippen molar-refractivity contribution in [3.8, 4) is 17.0 Å². The van der Waals surface area contributed by atoms with Gasteiger partial charge in [-0.2, -0.15) is 5.10 Å². The van der Waals surface area contributed by atoms with Crippen LogP contribution in [0.15, 0.2) is 24.4 Å². The fourth-order valence-electron chi connectivity index (χ4n) is 1.61. The Hall–Kier alpha value is -2.57. The van der Waals surface area contributed by atoms with Gasteiger partial charge in [0.1, 0.15) is 5.75 Å². The highest BCUT2D eigenvalue weighted by Crippen LogP contribution is 2.35. The first-order chi connectivity index (χ1) is 8.00. The van der Waals surface area contributed by atoms with Crippen molar-refractivity contribution in [3.63, 3.8) is 0 Å². The molecule has 7 nitrogen and oxygen atoms in total. The van der Waals surface area contributed by atoms with Gasteiger partial charge in [0.2, 0.25) is 0 Å². The molecular formula is C10H10N4O3. The van der Waals surface area contributed by atoms with Crippen molar-refractivity contribution < 1.29 is 10.0 Å². The molecule has 2 rings (SSSR count). The first kappa shape index (κ1) is 10.9. The van der Waals surface area contributed by atoms with Gasteiger partial charge >= 0.3 is 0 Å². The summed E-state index contributed by atoms with van der Waals surface area (Å²) >= 11 is 0. The fourth-order valence-corrected chi connectivity index (χ4v) is 1.61. The molecule has 0 aliphatic heterocycles. The Morgan fingerprint density at radius 3 is 2.76 bits per heavy atom. The van der Waals surface area contributed by atoms with E-state index in [2.05, 4.69) is 5.10 Å². The molecule has 1 aromatic carbocycles. The fraction of sp³-hybridized carbons (Fsp3) is 0.100. The van der Waals surface area contributed by atoms with Crippen LogP contribution in [0.1, 0.15) is 0 Å². The smallest absolute Gasteiger partial charge is 0.270 e. The van der Waals surface area contributed by atoms with Crippen molar-refractivity contribution in [2.75, 3.05) is 5.73 Å². The lowest BCUT2D eigenvalue weighted by Crippen LogP contribution is -1.97. The number of phenols is 1. The monoisotopic (exact) mass is 234 g/mol. The minimum absolute atomic E-state index is 0.0779. The zero-order valence-corrected chi connectivity index (χ0v) is 8.99. The van der Waals surface area contributed by atoms with Crippen LogP contribution < -0.4 is 5.73 Å². The van der Waals surface area contributed by atoms with E-state index in [9.17, 15) is 15.2 Å². The molecule has 0 atom stereocenters. The van der Waals surface area contributed by atoms with Crippen LogP contribution in [-0.4, -0.2) is 19.8 Å². The molecule has 7 heteroatoms. The van der Waals surface area contributed by atoms with E-state index in [1.165, 1.54) is 29.1 Å². The topological polar surface area (TPSA) is 107 Å². The molecule has 0 aliphatic carbocycles. The van der Waals surface area contributed by atoms with Crippen LogP contribution in [0, 0.1) is 10.1 Å². The third-order valence-electron chi connectivity index (χ3n) is 2.41. The molecule has 3 N–H and O–H groups in total. The van der Waals surface area contributed by atoms with E-state index >= 15 is 0 Å². The highest BCUT2D eigenvalue weighted by molar-refractivity contribution is 5.78. The van der Waals surface area contributed by atoms with Crippen LogP contribution in [0.25, 0.3) is 11.3 Å². The largest absolute Gasteiger partial charge is 0.507 e. The summed E-state index contributed by atoms with van der Waals surface area (Å²) in [7, 11) is 1.64. The minimum atomic E-state index is -0.532. The van der Waals surface area contributed by atoms with Crippen molar-refractivity contribution in [2.45, 2.75) is 0 Å². The van der Waals surface area contributed by atoms with Gasteiger partial charge < -0.3 is 10.8 Å². The molecule has 0 unspecified atom stereocenters. The predicted octanol–water partition coefficient (Wildman–Crippen LogP) is 1.28. The Bertz CT molecular complexity index is 572. The third-order valence-corrected chi connectivity index (χ3v) is 2.41. The standard InChI is InChI=1S/C10H10N4O3/c1-13-10(8(11)5-12-13)7-4-6(14(16)17)2-3-9(7)15/h2-5,15H,11H2,1H3. The van der Waals surface area contributed by atoms with Crippen LogP contribution in [0.2, 0.25) is 0 Å². The second-order valence-electron chi connectivity index (χ2n) is 3.53. The Morgan fingerprint density at radius 2 is 2.24 bits per heavy atom. The Kier molecular flexibility index (Phi) is 2.43. The van der Waals surface area contributed by atoms with E-state index in [-0.39, 0.29) is 17.0 Å². The molecule has 2 aromatic rings. The number of hydrogen-bond acceptors (Lipinski definition) is 5. The Morgan fingerprint density at radius 1 is 1.53 bits per heavy atom. The summed E-state index contributed by atoms with van der Waals surface area (Å²) in [6, 6.07) is 3.76. The normalized spacial score (nSPS) is 10.4. The van der Waals surface area contributed by atoms with Crippen LogP contribution in [0.5, 0.6) is 5.75 Å². The lowest BCUT2D eigenvalue weighted by atomic mass is 10.1. The van der Waals surface area contributed by atoms with Gasteiger partial charge in [-0.15, -0.1) is 0 Å². The number of non-ortho nitro benzene ring substituents is 1. The van der Waals surface area contributed by atoms with Crippen molar-refractivity contribution in [1.82, 2.24) is 9.78 Å². The quantitative estimate of drug-likeness (QED) is 0.601. The van der Waals surface area contributed by atoms with E-state index in [0.29, 0.717) is 11.4 Å². The van der Waals surface area contributed by atoms with E-state index < -0.39 is 4.92 Å². The van der Waals surface area contributed by atoms with Gasteiger partial charge in [-0.1, -0.05) is 0 Å². The molecule has 88 valence electrons. The van der Waals surface area contributed by atoms with Crippen molar-refractivity contribution in [3.05, 3.63) is 34.5 Å². The van der Waals surface area contributed by atoms with Crippen molar-refractivity contribution in [1.29, 1.82) is 0 Å². The SMILES string of the molecule is Cn1ncc(N)c1-c1cc([N+](=O)[O-])ccc1O. The number of nitro benzene ring substituents is 1. The highest BCUT2D eigenvalue weighted by Gasteiger charge is 2.16. The summed E-state index contributed by atoms with van der Waals surface area (Å²) in [4.78, 5) is 10.1. The number of nitro groups is 1. The van der Waals surface area contributed by atoms with Crippen LogP contribution in [0.4, 0.5) is 11.4 Å². The van der Waals surface area contributed by atoms with Crippen molar-refractivity contribution in [2.24, 2.45) is 7.05 Å². The van der Waals surface area contributed by atoms with Gasteiger partial charge in [0.15, 0.2) is 0 Å². The van der Waals surface area contributed by atoms with E-state index in [1.54, 1.807) is 7.05 Å². The summed E-state index contributed by atoms with van der Waals surface area (Å²) in [6.45, 7) is 0. The molecule has 0 aliphatic rings. The number of hydrogen-bond donors (Lipinski definition) is 2. The van der Waals surface area contributed by atoms with E-state index in [1.807, 2.05) is 0 Å². The van der Waals surface area contributed by atoms with Gasteiger partial charge in [0.05, 0.1) is 28.1 Å². The first-order valence-corrected chi connectivity index (χ1v) is 4.76. The first-order valence-electron chi connectivity index (χ1n) is 4.76. The van der Waals surface area contributed by atoms with Gasteiger partial charge in [0, 0.05) is 19.2 Å². The molecule has 0 saturated carbocycles. The molecule has 0 fully saturated rings. The Balaban J connectivity index is 2.66. The van der Waals surface area contributed by atoms with Gasteiger partial charge in [-0.05, 0) is 6.07 Å². The lowest BCUT2D eigenvalue weighted by Gasteiger charge is -2.06. The summed E-state index contributed by atoms with van der Waals surface area (Å²) in [5.74, 6) is -0.0779. The number of phenolic OH excluding ortho intramolecular Hbond substituents is 1. The maximum absolute atomic E-state index is 10.7. The zero-order chi connectivity index (χ0) is 12.6. The Labute approximate surface area is 96.2 Å². The molecule has 1 heterocycles. The average molecular weight is 234 g/mol. The van der Waals surface area contributed by atoms with Crippen LogP contribution >= 0.6 is 0 Å². The second-order valence-corrected chi connectivity index (χ2v) is 3.53. The van der Waals surface area contributed by atoms with E-state index in [4.69, 9.17) is 5.73 Å². The van der Waals surface area contributed by atoms with Crippen molar-refractivity contribution >= 4 is 11.4 Å². The minimum Gasteiger partial charge on any atom is -0.507 e. The number of nitrogens with two attached hydrogens (primary N) is 1. The zero-order valence-electron chi connectivity index (χ0n) is 8.99. The summed E-state index contributed by atoms with van der Waals surface area (Å²) in [5, 5.41) is 24.3. The number of nitrogens with zero attached hydrogens (tertiary/aromatic N) is 3. The third kappa shape index (κ3) is 1.78. The number of benzene rings is 1. The summed E-state index contributed by atoms with van der Waals surface area (Å²) in [5.41, 5.74) is 6.68. The van der Waals surface area contributed by atoms with Gasteiger partial charge in [-0.25, -0.2) is 0 Å². The highest BCUT2D eigenvalue weighted by atomic mass is 16.6. The van der Waals surface area contributed by atoms with Crippen LogP contribution in [-0.2, 0) is 7.05 Å². The maximum atomic E-state index is 10.7. The number of anilines is 1. The molecule has 0 spiro atoms. The van der Waals surface area contributed by atoms with E-state index in [0.717, 1.165) is 0 Å². The summed E-state index contributed by atoms with van der Waals surface area (Å²) in [6.07, 6.45) is 1.42. The predicted molar refractivity (Wildman–Crippen MR) is 61.4 cm³/mol. The number of aryl methyl sites for hydroxylation is 1. The average Bonchev–Trinajstić information content (AvgIpc) is 2.59. The maximum Gasteiger partial charge on any atom is 0.270 e. The second kappa shape index (κ2) is 3.78. The molecular weight excluding hydrogens is 224 g/mol. The number of nitrogen functional groups attached to an aromatic ring is 1. The molecule has 17 heavy (non-hydrogen) atoms. The van der Waals surface area contributed by atoms with Gasteiger partial charge in [0.25, 0.3) is 5.69 Å². The molecule has 1 aromatic heterocycles. The number of rotatable bonds is 2. The number of aromatic hydroxyl groups is 1.